The number of carbonyl (C=O) groups excluding carboxylic acids is 1. The van der Waals surface area contributed by atoms with Gasteiger partial charge in [0, 0.05) is 26.1 Å². The zero-order valence-electron chi connectivity index (χ0n) is 13.0. The number of aromatic nitrogens is 3. The molecular formula is C15H20N4O3. The van der Waals surface area contributed by atoms with Crippen LogP contribution in [-0.2, 0) is 4.74 Å². The fraction of sp³-hybridized carbons (Fsp3) is 0.533. The van der Waals surface area contributed by atoms with Crippen LogP contribution in [0.2, 0.25) is 0 Å². The highest BCUT2D eigenvalue weighted by Crippen LogP contribution is 2.29. The van der Waals surface area contributed by atoms with Gasteiger partial charge in [0.05, 0.1) is 6.10 Å². The van der Waals surface area contributed by atoms with Crippen LogP contribution in [0.4, 0.5) is 0 Å². The molecule has 0 aromatic carbocycles. The number of hydrogen-bond donors (Lipinski definition) is 1. The van der Waals surface area contributed by atoms with Gasteiger partial charge in [-0.1, -0.05) is 0 Å². The quantitative estimate of drug-likeness (QED) is 0.928. The summed E-state index contributed by atoms with van der Waals surface area (Å²) in [6.07, 6.45) is 2.29. The van der Waals surface area contributed by atoms with Crippen LogP contribution in [0.1, 0.15) is 40.0 Å². The van der Waals surface area contributed by atoms with Crippen molar-refractivity contribution in [3.63, 3.8) is 0 Å². The molecule has 0 unspecified atom stereocenters. The number of carbonyl (C=O) groups is 1. The van der Waals surface area contributed by atoms with Gasteiger partial charge in [0.2, 0.25) is 0 Å². The van der Waals surface area contributed by atoms with Gasteiger partial charge in [-0.2, -0.15) is 5.10 Å². The summed E-state index contributed by atoms with van der Waals surface area (Å²) in [7, 11) is 1.76. The van der Waals surface area contributed by atoms with Gasteiger partial charge in [0.1, 0.15) is 17.9 Å². The lowest BCUT2D eigenvalue weighted by molar-refractivity contribution is 0.0528. The Labute approximate surface area is 128 Å². The number of nitrogens with one attached hydrogen (secondary N) is 1. The fourth-order valence-corrected chi connectivity index (χ4v) is 2.75. The Morgan fingerprint density at radius 2 is 2.32 bits per heavy atom. The Morgan fingerprint density at radius 3 is 2.95 bits per heavy atom. The number of aryl methyl sites for hydroxylation is 2. The summed E-state index contributed by atoms with van der Waals surface area (Å²) < 4.78 is 11.3. The van der Waals surface area contributed by atoms with Crippen molar-refractivity contribution in [3.8, 4) is 0 Å². The van der Waals surface area contributed by atoms with Crippen LogP contribution in [0.15, 0.2) is 16.8 Å². The van der Waals surface area contributed by atoms with Crippen molar-refractivity contribution >= 4 is 5.91 Å². The van der Waals surface area contributed by atoms with Gasteiger partial charge in [0.15, 0.2) is 5.76 Å². The summed E-state index contributed by atoms with van der Waals surface area (Å²) >= 11 is 0. The second-order valence-electron chi connectivity index (χ2n) is 5.71. The third kappa shape index (κ3) is 2.76. The van der Waals surface area contributed by atoms with Crippen LogP contribution in [0, 0.1) is 13.8 Å². The lowest BCUT2D eigenvalue weighted by Crippen LogP contribution is -2.36. The largest absolute Gasteiger partial charge is 0.456 e. The number of aromatic amines is 1. The standard InChI is InChI=1S/C15H20N4O3/c1-9-6-12(22-10(9)2)15(20)19(3)7-13-11(4-5-21-13)14-16-8-17-18-14/h6,8,11,13H,4-5,7H2,1-3H3,(H,16,17,18)/t11-,13-/m1/s1. The zero-order chi connectivity index (χ0) is 15.7. The molecule has 118 valence electrons. The fourth-order valence-electron chi connectivity index (χ4n) is 2.75. The van der Waals surface area contributed by atoms with Crippen molar-refractivity contribution in [1.29, 1.82) is 0 Å². The van der Waals surface area contributed by atoms with Gasteiger partial charge in [-0.15, -0.1) is 0 Å². The summed E-state index contributed by atoms with van der Waals surface area (Å²) in [5.74, 6) is 1.95. The topological polar surface area (TPSA) is 84.3 Å². The van der Waals surface area contributed by atoms with Crippen molar-refractivity contribution < 1.29 is 13.9 Å². The number of H-pyrrole nitrogens is 1. The molecule has 7 nitrogen and oxygen atoms in total. The molecule has 2 atom stereocenters. The number of furan rings is 1. The monoisotopic (exact) mass is 304 g/mol. The van der Waals surface area contributed by atoms with E-state index in [9.17, 15) is 4.79 Å². The van der Waals surface area contributed by atoms with E-state index in [4.69, 9.17) is 9.15 Å². The molecule has 0 bridgehead atoms. The van der Waals surface area contributed by atoms with Gasteiger partial charge in [-0.3, -0.25) is 9.89 Å². The second-order valence-corrected chi connectivity index (χ2v) is 5.71. The molecule has 1 N–H and O–H groups in total. The number of amides is 1. The van der Waals surface area contributed by atoms with Gasteiger partial charge in [0.25, 0.3) is 5.91 Å². The zero-order valence-corrected chi connectivity index (χ0v) is 13.0. The molecule has 0 spiro atoms. The maximum absolute atomic E-state index is 12.4. The lowest BCUT2D eigenvalue weighted by atomic mass is 10.0. The molecule has 1 amide bonds. The van der Waals surface area contributed by atoms with Crippen LogP contribution in [-0.4, -0.2) is 52.3 Å². The van der Waals surface area contributed by atoms with Crippen LogP contribution >= 0.6 is 0 Å². The molecule has 0 aliphatic carbocycles. The highest BCUT2D eigenvalue weighted by Gasteiger charge is 2.33. The minimum atomic E-state index is -0.136. The van der Waals surface area contributed by atoms with E-state index in [0.29, 0.717) is 18.9 Å². The Morgan fingerprint density at radius 1 is 1.50 bits per heavy atom. The molecule has 3 rings (SSSR count). The van der Waals surface area contributed by atoms with Crippen LogP contribution in [0.5, 0.6) is 0 Å². The molecule has 2 aromatic heterocycles. The maximum atomic E-state index is 12.4. The van der Waals surface area contributed by atoms with Gasteiger partial charge in [-0.05, 0) is 31.9 Å². The predicted molar refractivity (Wildman–Crippen MR) is 78.6 cm³/mol. The van der Waals surface area contributed by atoms with E-state index in [2.05, 4.69) is 15.2 Å². The van der Waals surface area contributed by atoms with Gasteiger partial charge >= 0.3 is 0 Å². The maximum Gasteiger partial charge on any atom is 0.289 e. The van der Waals surface area contributed by atoms with Crippen molar-refractivity contribution in [1.82, 2.24) is 20.1 Å². The SMILES string of the molecule is Cc1cc(C(=O)N(C)C[C@H]2OCC[C@H]2c2ncn[nH]2)oc1C. The van der Waals surface area contributed by atoms with E-state index in [1.165, 1.54) is 6.33 Å². The van der Waals surface area contributed by atoms with Crippen LogP contribution in [0.3, 0.4) is 0 Å². The number of likely N-dealkylation sites (N-methyl/N-ethyl adjacent to an activating group) is 1. The Kier molecular flexibility index (Phi) is 3.98. The normalized spacial score (nSPS) is 21.2. The number of rotatable bonds is 4. The second kappa shape index (κ2) is 5.92. The average Bonchev–Trinajstić information content (AvgIpc) is 3.20. The summed E-state index contributed by atoms with van der Waals surface area (Å²) in [6.45, 7) is 4.93. The first-order valence-electron chi connectivity index (χ1n) is 7.35. The Hall–Kier alpha value is -2.15. The average molecular weight is 304 g/mol. The molecule has 1 fully saturated rings. The third-order valence-corrected chi connectivity index (χ3v) is 4.17. The van der Waals surface area contributed by atoms with Crippen molar-refractivity contribution in [2.75, 3.05) is 20.2 Å². The molecule has 2 aromatic rings. The van der Waals surface area contributed by atoms with E-state index in [1.807, 2.05) is 13.8 Å². The predicted octanol–water partition coefficient (Wildman–Crippen LogP) is 1.66. The van der Waals surface area contributed by atoms with E-state index < -0.39 is 0 Å². The summed E-state index contributed by atoms with van der Waals surface area (Å²) in [6, 6.07) is 1.78. The first-order chi connectivity index (χ1) is 10.6. The van der Waals surface area contributed by atoms with E-state index in [1.54, 1.807) is 18.0 Å². The summed E-state index contributed by atoms with van der Waals surface area (Å²) in [5, 5.41) is 6.78. The van der Waals surface area contributed by atoms with E-state index >= 15 is 0 Å². The van der Waals surface area contributed by atoms with Crippen molar-refractivity contribution in [3.05, 3.63) is 35.3 Å². The lowest BCUT2D eigenvalue weighted by Gasteiger charge is -2.23. The minimum absolute atomic E-state index is 0.0842. The molecule has 3 heterocycles. The van der Waals surface area contributed by atoms with Gasteiger partial charge < -0.3 is 14.1 Å². The smallest absolute Gasteiger partial charge is 0.289 e. The highest BCUT2D eigenvalue weighted by molar-refractivity contribution is 5.91. The molecule has 0 radical (unpaired) electrons. The first-order valence-corrected chi connectivity index (χ1v) is 7.35. The first kappa shape index (κ1) is 14.8. The number of nitrogens with zero attached hydrogens (tertiary/aromatic N) is 3. The molecule has 1 aliphatic rings. The van der Waals surface area contributed by atoms with Crippen LogP contribution < -0.4 is 0 Å². The summed E-state index contributed by atoms with van der Waals surface area (Å²) in [4.78, 5) is 18.3. The van der Waals surface area contributed by atoms with Crippen LogP contribution in [0.25, 0.3) is 0 Å². The van der Waals surface area contributed by atoms with Gasteiger partial charge in [-0.25, -0.2) is 4.98 Å². The number of ether oxygens (including phenoxy) is 1. The molecule has 22 heavy (non-hydrogen) atoms. The molecule has 0 saturated carbocycles. The van der Waals surface area contributed by atoms with Crippen molar-refractivity contribution in [2.45, 2.75) is 32.3 Å². The minimum Gasteiger partial charge on any atom is -0.456 e. The van der Waals surface area contributed by atoms with Crippen molar-refractivity contribution in [2.24, 2.45) is 0 Å². The molecule has 1 saturated heterocycles. The Balaban J connectivity index is 1.68. The molecular weight excluding hydrogens is 284 g/mol. The van der Waals surface area contributed by atoms with E-state index in [0.717, 1.165) is 23.6 Å². The highest BCUT2D eigenvalue weighted by atomic mass is 16.5. The third-order valence-electron chi connectivity index (χ3n) is 4.17. The molecule has 7 heteroatoms. The Bertz CT molecular complexity index is 630. The summed E-state index contributed by atoms with van der Waals surface area (Å²) in [5.41, 5.74) is 0.980. The number of hydrogen-bond acceptors (Lipinski definition) is 5. The van der Waals surface area contributed by atoms with E-state index in [-0.39, 0.29) is 17.9 Å². The molecule has 1 aliphatic heterocycles.